The molecule has 1 N–H and O–H groups in total. The molecule has 0 unspecified atom stereocenters. The zero-order valence-corrected chi connectivity index (χ0v) is 15.3. The molecule has 4 nitrogen and oxygen atoms in total. The topological polar surface area (TPSA) is 55.1 Å². The minimum absolute atomic E-state index is 0.0992. The Morgan fingerprint density at radius 3 is 2.41 bits per heavy atom. The third-order valence-corrected chi connectivity index (χ3v) is 5.60. The van der Waals surface area contributed by atoms with E-state index in [0.29, 0.717) is 31.8 Å². The van der Waals surface area contributed by atoms with E-state index < -0.39 is 11.4 Å². The van der Waals surface area contributed by atoms with E-state index in [4.69, 9.17) is 0 Å². The number of hydrogen-bond donors (Lipinski definition) is 1. The van der Waals surface area contributed by atoms with Crippen LogP contribution in [0.2, 0.25) is 0 Å². The summed E-state index contributed by atoms with van der Waals surface area (Å²) in [6.07, 6.45) is 0. The summed E-state index contributed by atoms with van der Waals surface area (Å²) in [6, 6.07) is 10.1. The van der Waals surface area contributed by atoms with Gasteiger partial charge in [-0.15, -0.1) is 11.3 Å². The van der Waals surface area contributed by atoms with Crippen LogP contribution >= 0.6 is 11.3 Å². The largest absolute Gasteiger partial charge is 0.505 e. The van der Waals surface area contributed by atoms with Crippen molar-refractivity contribution in [1.82, 2.24) is 9.78 Å². The molecule has 0 radical (unpaired) electrons. The van der Waals surface area contributed by atoms with Crippen LogP contribution in [0.4, 0.5) is 8.78 Å². The Balaban J connectivity index is 2.16. The van der Waals surface area contributed by atoms with Crippen LogP contribution in [0.25, 0.3) is 31.7 Å². The normalized spacial score (nSPS) is 11.3. The Morgan fingerprint density at radius 1 is 1.04 bits per heavy atom. The fourth-order valence-electron chi connectivity index (χ4n) is 3.11. The first-order valence-electron chi connectivity index (χ1n) is 8.12. The van der Waals surface area contributed by atoms with Gasteiger partial charge in [0, 0.05) is 27.6 Å². The van der Waals surface area contributed by atoms with E-state index in [1.807, 2.05) is 0 Å². The average molecular weight is 384 g/mol. The maximum absolute atomic E-state index is 13.8. The highest BCUT2D eigenvalue weighted by atomic mass is 32.1. The van der Waals surface area contributed by atoms with E-state index in [9.17, 15) is 18.7 Å². The maximum Gasteiger partial charge on any atom is 0.278 e. The maximum atomic E-state index is 13.8. The molecule has 0 fully saturated rings. The number of aryl methyl sites for hydroxylation is 2. The van der Waals surface area contributed by atoms with Crippen LogP contribution < -0.4 is 5.56 Å². The number of halogens is 2. The first-order chi connectivity index (χ1) is 12.9. The second-order valence-electron chi connectivity index (χ2n) is 6.19. The molecule has 4 aromatic rings. The number of nitrogens with zero attached hydrogens (tertiary/aromatic N) is 2. The van der Waals surface area contributed by atoms with E-state index in [1.165, 1.54) is 42.6 Å². The third kappa shape index (κ3) is 2.80. The second kappa shape index (κ2) is 6.28. The standard InChI is InChI=1S/C20H14F2N2O2S/c1-10-18(25)17(20(26)24(2)23-10)16-14-8-7-13(22)9-15(14)27-19(16)11-3-5-12(21)6-4-11/h3-9,25H,1-2H3. The lowest BCUT2D eigenvalue weighted by atomic mass is 9.98. The number of fused-ring (bicyclic) bond motifs is 1. The summed E-state index contributed by atoms with van der Waals surface area (Å²) in [5.41, 5.74) is 1.10. The van der Waals surface area contributed by atoms with Crippen LogP contribution in [-0.2, 0) is 7.05 Å². The van der Waals surface area contributed by atoms with Gasteiger partial charge in [0.2, 0.25) is 0 Å². The summed E-state index contributed by atoms with van der Waals surface area (Å²) in [4.78, 5) is 13.4. The van der Waals surface area contributed by atoms with Gasteiger partial charge >= 0.3 is 0 Å². The summed E-state index contributed by atoms with van der Waals surface area (Å²) in [5, 5.41) is 15.2. The van der Waals surface area contributed by atoms with Crippen molar-refractivity contribution in [2.24, 2.45) is 7.05 Å². The molecule has 0 atom stereocenters. The molecule has 2 aromatic heterocycles. The van der Waals surface area contributed by atoms with Crippen LogP contribution in [0.1, 0.15) is 5.69 Å². The fraction of sp³-hybridized carbons (Fsp3) is 0.100. The van der Waals surface area contributed by atoms with Gasteiger partial charge in [0.15, 0.2) is 5.75 Å². The van der Waals surface area contributed by atoms with Gasteiger partial charge in [-0.05, 0) is 42.8 Å². The lowest BCUT2D eigenvalue weighted by Crippen LogP contribution is -2.22. The fourth-order valence-corrected chi connectivity index (χ4v) is 4.35. The van der Waals surface area contributed by atoms with E-state index in [-0.39, 0.29) is 17.1 Å². The predicted molar refractivity (Wildman–Crippen MR) is 102 cm³/mol. The van der Waals surface area contributed by atoms with Crippen LogP contribution in [0, 0.1) is 18.6 Å². The number of benzene rings is 2. The lowest BCUT2D eigenvalue weighted by Gasteiger charge is -2.10. The summed E-state index contributed by atoms with van der Waals surface area (Å²) in [6.45, 7) is 1.60. The number of aromatic nitrogens is 2. The molecule has 0 saturated heterocycles. The molecule has 0 aliphatic carbocycles. The Kier molecular flexibility index (Phi) is 4.04. The predicted octanol–water partition coefficient (Wildman–Crippen LogP) is 4.62. The van der Waals surface area contributed by atoms with Crippen molar-refractivity contribution >= 4 is 21.4 Å². The molecule has 27 heavy (non-hydrogen) atoms. The number of thiophene rings is 1. The molecular weight excluding hydrogens is 370 g/mol. The van der Waals surface area contributed by atoms with Gasteiger partial charge < -0.3 is 5.11 Å². The second-order valence-corrected chi connectivity index (χ2v) is 7.24. The van der Waals surface area contributed by atoms with Gasteiger partial charge in [-0.2, -0.15) is 5.10 Å². The van der Waals surface area contributed by atoms with Crippen molar-refractivity contribution in [3.8, 4) is 27.3 Å². The molecule has 0 aliphatic rings. The molecule has 0 amide bonds. The minimum Gasteiger partial charge on any atom is -0.505 e. The van der Waals surface area contributed by atoms with Gasteiger partial charge in [-0.3, -0.25) is 4.79 Å². The van der Waals surface area contributed by atoms with Crippen molar-refractivity contribution in [2.45, 2.75) is 6.92 Å². The van der Waals surface area contributed by atoms with E-state index >= 15 is 0 Å². The Bertz CT molecular complexity index is 1240. The highest BCUT2D eigenvalue weighted by molar-refractivity contribution is 7.23. The first kappa shape index (κ1) is 17.4. The number of hydrogen-bond acceptors (Lipinski definition) is 4. The third-order valence-electron chi connectivity index (χ3n) is 4.40. The van der Waals surface area contributed by atoms with Crippen LogP contribution in [0.15, 0.2) is 47.3 Å². The van der Waals surface area contributed by atoms with Crippen molar-refractivity contribution in [2.75, 3.05) is 0 Å². The minimum atomic E-state index is -0.467. The van der Waals surface area contributed by atoms with Gasteiger partial charge in [-0.1, -0.05) is 12.1 Å². The molecule has 0 bridgehead atoms. The Labute approximate surface area is 157 Å². The van der Waals surface area contributed by atoms with Crippen molar-refractivity contribution in [3.05, 3.63) is 70.1 Å². The monoisotopic (exact) mass is 384 g/mol. The van der Waals surface area contributed by atoms with Crippen LogP contribution in [-0.4, -0.2) is 14.9 Å². The molecule has 7 heteroatoms. The van der Waals surface area contributed by atoms with Gasteiger partial charge in [0.05, 0.1) is 5.56 Å². The summed E-state index contributed by atoms with van der Waals surface area (Å²) in [7, 11) is 1.50. The number of rotatable bonds is 2. The number of aromatic hydroxyl groups is 1. The Morgan fingerprint density at radius 2 is 1.70 bits per heavy atom. The van der Waals surface area contributed by atoms with E-state index in [1.54, 1.807) is 25.1 Å². The molecule has 0 saturated carbocycles. The molecule has 2 heterocycles. The molecule has 136 valence electrons. The van der Waals surface area contributed by atoms with Crippen LogP contribution in [0.5, 0.6) is 5.75 Å². The van der Waals surface area contributed by atoms with Crippen molar-refractivity contribution in [3.63, 3.8) is 0 Å². The quantitative estimate of drug-likeness (QED) is 0.549. The SMILES string of the molecule is Cc1nn(C)c(=O)c(-c2c(-c3ccc(F)cc3)sc3cc(F)ccc23)c1O. The average Bonchev–Trinajstić information content (AvgIpc) is 2.99. The van der Waals surface area contributed by atoms with Gasteiger partial charge in [0.1, 0.15) is 17.3 Å². The first-order valence-corrected chi connectivity index (χ1v) is 8.93. The summed E-state index contributed by atoms with van der Waals surface area (Å²) in [5.74, 6) is -1.000. The van der Waals surface area contributed by atoms with E-state index in [0.717, 1.165) is 4.68 Å². The summed E-state index contributed by atoms with van der Waals surface area (Å²) < 4.78 is 28.9. The highest BCUT2D eigenvalue weighted by Gasteiger charge is 2.23. The molecule has 2 aromatic carbocycles. The van der Waals surface area contributed by atoms with Crippen molar-refractivity contribution < 1.29 is 13.9 Å². The van der Waals surface area contributed by atoms with Crippen LogP contribution in [0.3, 0.4) is 0 Å². The zero-order chi connectivity index (χ0) is 19.3. The van der Waals surface area contributed by atoms with Crippen molar-refractivity contribution in [1.29, 1.82) is 0 Å². The van der Waals surface area contributed by atoms with E-state index in [2.05, 4.69) is 5.10 Å². The highest BCUT2D eigenvalue weighted by Crippen LogP contribution is 2.46. The molecule has 0 spiro atoms. The van der Waals surface area contributed by atoms with Gasteiger partial charge in [0.25, 0.3) is 5.56 Å². The smallest absolute Gasteiger partial charge is 0.278 e. The molecular formula is C20H14F2N2O2S. The lowest BCUT2D eigenvalue weighted by molar-refractivity contribution is 0.460. The summed E-state index contributed by atoms with van der Waals surface area (Å²) >= 11 is 1.28. The molecule has 4 rings (SSSR count). The van der Waals surface area contributed by atoms with Gasteiger partial charge in [-0.25, -0.2) is 13.5 Å². The Hall–Kier alpha value is -3.06. The molecule has 0 aliphatic heterocycles. The zero-order valence-electron chi connectivity index (χ0n) is 14.5.